The van der Waals surface area contributed by atoms with Crippen molar-refractivity contribution in [3.63, 3.8) is 0 Å². The van der Waals surface area contributed by atoms with Crippen LogP contribution in [0.5, 0.6) is 0 Å². The number of alkyl halides is 2. The fourth-order valence-electron chi connectivity index (χ4n) is 1.74. The van der Waals surface area contributed by atoms with Gasteiger partial charge in [0.2, 0.25) is 0 Å². The Bertz CT molecular complexity index is 324. The summed E-state index contributed by atoms with van der Waals surface area (Å²) in [5.41, 5.74) is 7.54. The molecule has 0 aromatic heterocycles. The molecule has 2 N–H and O–H groups in total. The maximum Gasteiger partial charge on any atom is 0.263 e. The molecule has 0 amide bonds. The van der Waals surface area contributed by atoms with Gasteiger partial charge in [0.1, 0.15) is 0 Å². The van der Waals surface area contributed by atoms with E-state index in [1.54, 1.807) is 12.1 Å². The summed E-state index contributed by atoms with van der Waals surface area (Å²) in [6.07, 6.45) is 1.17. The lowest BCUT2D eigenvalue weighted by Crippen LogP contribution is -2.00. The van der Waals surface area contributed by atoms with Crippen molar-refractivity contribution < 1.29 is 8.78 Å². The molecule has 0 atom stereocenters. The molecule has 1 nitrogen and oxygen atoms in total. The van der Waals surface area contributed by atoms with Crippen LogP contribution in [0.2, 0.25) is 0 Å². The summed E-state index contributed by atoms with van der Waals surface area (Å²) >= 11 is 0. The molecular weight excluding hydrogens is 208 g/mol. The average molecular weight is 227 g/mol. The fraction of sp³-hybridized carbons (Fsp3) is 0.538. The first-order valence-corrected chi connectivity index (χ1v) is 5.78. The van der Waals surface area contributed by atoms with E-state index in [0.717, 1.165) is 36.8 Å². The van der Waals surface area contributed by atoms with Gasteiger partial charge in [-0.3, -0.25) is 0 Å². The minimum absolute atomic E-state index is 0.141. The molecule has 0 bridgehead atoms. The predicted octanol–water partition coefficient (Wildman–Crippen LogP) is 3.47. The molecule has 0 saturated carbocycles. The quantitative estimate of drug-likeness (QED) is 0.740. The van der Waals surface area contributed by atoms with E-state index in [0.29, 0.717) is 6.54 Å². The first-order valence-electron chi connectivity index (χ1n) is 5.78. The van der Waals surface area contributed by atoms with Gasteiger partial charge in [-0.15, -0.1) is 0 Å². The van der Waals surface area contributed by atoms with Crippen LogP contribution in [0, 0.1) is 0 Å². The fourth-order valence-corrected chi connectivity index (χ4v) is 1.74. The van der Waals surface area contributed by atoms with Gasteiger partial charge in [-0.2, -0.15) is 0 Å². The minimum atomic E-state index is -2.38. The first kappa shape index (κ1) is 13.1. The second-order valence-electron chi connectivity index (χ2n) is 3.98. The number of hydrogen-bond donors (Lipinski definition) is 1. The number of hydrogen-bond acceptors (Lipinski definition) is 1. The predicted molar refractivity (Wildman–Crippen MR) is 62.8 cm³/mol. The van der Waals surface area contributed by atoms with Crippen LogP contribution in [-0.2, 0) is 12.8 Å². The zero-order chi connectivity index (χ0) is 12.0. The monoisotopic (exact) mass is 227 g/mol. The highest BCUT2D eigenvalue weighted by Gasteiger charge is 2.09. The average Bonchev–Trinajstić information content (AvgIpc) is 2.29. The highest BCUT2D eigenvalue weighted by Crippen LogP contribution is 2.22. The van der Waals surface area contributed by atoms with Crippen LogP contribution in [0.15, 0.2) is 18.2 Å². The maximum atomic E-state index is 12.6. The Labute approximate surface area is 95.7 Å². The van der Waals surface area contributed by atoms with Crippen molar-refractivity contribution in [1.82, 2.24) is 0 Å². The zero-order valence-corrected chi connectivity index (χ0v) is 9.68. The van der Waals surface area contributed by atoms with Gasteiger partial charge in [0, 0.05) is 5.56 Å². The van der Waals surface area contributed by atoms with Gasteiger partial charge in [-0.05, 0) is 43.4 Å². The lowest BCUT2D eigenvalue weighted by molar-refractivity contribution is 0.151. The molecule has 0 fully saturated rings. The third-order valence-electron chi connectivity index (χ3n) is 2.65. The maximum absolute atomic E-state index is 12.6. The summed E-state index contributed by atoms with van der Waals surface area (Å²) < 4.78 is 25.3. The lowest BCUT2D eigenvalue weighted by atomic mass is 10.0. The lowest BCUT2D eigenvalue weighted by Gasteiger charge is -2.08. The molecule has 0 unspecified atom stereocenters. The molecule has 16 heavy (non-hydrogen) atoms. The van der Waals surface area contributed by atoms with Crippen molar-refractivity contribution >= 4 is 0 Å². The van der Waals surface area contributed by atoms with E-state index in [2.05, 4.69) is 0 Å². The van der Waals surface area contributed by atoms with Gasteiger partial charge in [0.15, 0.2) is 0 Å². The Morgan fingerprint density at radius 1 is 1.12 bits per heavy atom. The van der Waals surface area contributed by atoms with E-state index in [9.17, 15) is 8.78 Å². The van der Waals surface area contributed by atoms with Crippen LogP contribution in [0.3, 0.4) is 0 Å². The van der Waals surface area contributed by atoms with E-state index in [1.165, 1.54) is 0 Å². The van der Waals surface area contributed by atoms with E-state index < -0.39 is 6.43 Å². The van der Waals surface area contributed by atoms with E-state index in [-0.39, 0.29) is 5.56 Å². The van der Waals surface area contributed by atoms with Crippen LogP contribution in [0.4, 0.5) is 8.78 Å². The molecule has 0 aliphatic rings. The van der Waals surface area contributed by atoms with Crippen LogP contribution in [0.1, 0.15) is 42.9 Å². The van der Waals surface area contributed by atoms with Gasteiger partial charge in [-0.25, -0.2) is 8.78 Å². The Kier molecular flexibility index (Phi) is 5.39. The molecule has 1 aromatic rings. The van der Waals surface area contributed by atoms with Crippen LogP contribution >= 0.6 is 0 Å². The van der Waals surface area contributed by atoms with Crippen molar-refractivity contribution in [3.05, 3.63) is 34.9 Å². The zero-order valence-electron chi connectivity index (χ0n) is 9.68. The number of rotatable bonds is 6. The molecule has 0 heterocycles. The second kappa shape index (κ2) is 6.59. The van der Waals surface area contributed by atoms with Crippen molar-refractivity contribution in [2.45, 2.75) is 39.0 Å². The Morgan fingerprint density at radius 3 is 2.38 bits per heavy atom. The van der Waals surface area contributed by atoms with Gasteiger partial charge >= 0.3 is 0 Å². The SMILES string of the molecule is CCc1cc(CCCCN)cc(C(F)F)c1. The Hall–Kier alpha value is -0.960. The molecule has 1 aromatic carbocycles. The smallest absolute Gasteiger partial charge is 0.263 e. The van der Waals surface area contributed by atoms with Gasteiger partial charge in [0.25, 0.3) is 6.43 Å². The minimum Gasteiger partial charge on any atom is -0.330 e. The van der Waals surface area contributed by atoms with Crippen molar-refractivity contribution in [2.75, 3.05) is 6.54 Å². The second-order valence-corrected chi connectivity index (χ2v) is 3.98. The molecule has 0 radical (unpaired) electrons. The van der Waals surface area contributed by atoms with E-state index in [1.807, 2.05) is 13.0 Å². The number of nitrogens with two attached hydrogens (primary N) is 1. The number of unbranched alkanes of at least 4 members (excludes halogenated alkanes) is 1. The first-order chi connectivity index (χ1) is 7.67. The van der Waals surface area contributed by atoms with E-state index >= 15 is 0 Å². The highest BCUT2D eigenvalue weighted by molar-refractivity contribution is 5.31. The summed E-state index contributed by atoms with van der Waals surface area (Å²) in [5.74, 6) is 0. The number of halogens is 2. The summed E-state index contributed by atoms with van der Waals surface area (Å²) in [6.45, 7) is 2.64. The van der Waals surface area contributed by atoms with Crippen molar-refractivity contribution in [1.29, 1.82) is 0 Å². The van der Waals surface area contributed by atoms with E-state index in [4.69, 9.17) is 5.73 Å². The third-order valence-corrected chi connectivity index (χ3v) is 2.65. The molecule has 90 valence electrons. The molecule has 0 spiro atoms. The molecule has 3 heteroatoms. The molecule has 0 saturated heterocycles. The summed E-state index contributed by atoms with van der Waals surface area (Å²) in [5, 5.41) is 0. The third kappa shape index (κ3) is 3.89. The van der Waals surface area contributed by atoms with Crippen LogP contribution in [0.25, 0.3) is 0 Å². The van der Waals surface area contributed by atoms with Crippen LogP contribution in [-0.4, -0.2) is 6.54 Å². The van der Waals surface area contributed by atoms with Gasteiger partial charge < -0.3 is 5.73 Å². The Balaban J connectivity index is 2.78. The summed E-state index contributed by atoms with van der Waals surface area (Å²) in [6, 6.07) is 5.22. The highest BCUT2D eigenvalue weighted by atomic mass is 19.3. The standard InChI is InChI=1S/C13H19F2N/c1-2-10-7-11(5-3-4-6-16)9-12(8-10)13(14)15/h7-9,13H,2-6,16H2,1H3. The molecule has 0 aliphatic heterocycles. The van der Waals surface area contributed by atoms with Gasteiger partial charge in [0.05, 0.1) is 0 Å². The largest absolute Gasteiger partial charge is 0.330 e. The van der Waals surface area contributed by atoms with Crippen molar-refractivity contribution in [3.8, 4) is 0 Å². The molecule has 0 aliphatic carbocycles. The molecule has 1 rings (SSSR count). The normalized spacial score (nSPS) is 11.1. The van der Waals surface area contributed by atoms with Gasteiger partial charge in [-0.1, -0.05) is 25.1 Å². The summed E-state index contributed by atoms with van der Waals surface area (Å²) in [7, 11) is 0. The molecular formula is C13H19F2N. The Morgan fingerprint density at radius 2 is 1.81 bits per heavy atom. The van der Waals surface area contributed by atoms with Crippen LogP contribution < -0.4 is 5.73 Å². The van der Waals surface area contributed by atoms with Crippen molar-refractivity contribution in [2.24, 2.45) is 5.73 Å². The summed E-state index contributed by atoms with van der Waals surface area (Å²) in [4.78, 5) is 0. The topological polar surface area (TPSA) is 26.0 Å². The number of benzene rings is 1. The number of aryl methyl sites for hydroxylation is 2.